The lowest BCUT2D eigenvalue weighted by Gasteiger charge is -2.28. The van der Waals surface area contributed by atoms with Gasteiger partial charge in [0.05, 0.1) is 17.6 Å². The number of rotatable bonds is 1. The van der Waals surface area contributed by atoms with Crippen LogP contribution in [0.1, 0.15) is 12.6 Å². The number of aromatic nitrogens is 5. The number of halogens is 4. The molecular weight excluding hydrogens is 427 g/mol. The lowest BCUT2D eigenvalue weighted by Crippen LogP contribution is -2.46. The minimum atomic E-state index is -4.66. The number of nitrogens with zero attached hydrogens (tertiary/aromatic N) is 6. The molecule has 1 N–H and O–H groups in total. The van der Waals surface area contributed by atoms with Crippen LogP contribution in [0.15, 0.2) is 35.1 Å². The Morgan fingerprint density at radius 1 is 1.27 bits per heavy atom. The monoisotopic (exact) mass is 437 g/mol. The van der Waals surface area contributed by atoms with Gasteiger partial charge in [0.15, 0.2) is 10.8 Å². The molecule has 2 amide bonds. The number of alkyl halides is 3. The van der Waals surface area contributed by atoms with Crippen LogP contribution in [0.3, 0.4) is 0 Å². The lowest BCUT2D eigenvalue weighted by molar-refractivity contribution is -0.181. The SMILES string of the molecule is CC1(C(F)(F)F)CN(C(=O)Nc2ccc3nonc3c2)c2cnc3cc(Cl)nn3c21. The minimum Gasteiger partial charge on any atom is -0.307 e. The Bertz CT molecular complexity index is 1320. The Morgan fingerprint density at radius 2 is 2.03 bits per heavy atom. The van der Waals surface area contributed by atoms with Crippen LogP contribution in [0.2, 0.25) is 5.15 Å². The molecule has 5 rings (SSSR count). The molecule has 13 heteroatoms. The highest BCUT2D eigenvalue weighted by molar-refractivity contribution is 6.29. The zero-order valence-corrected chi connectivity index (χ0v) is 15.9. The fourth-order valence-electron chi connectivity index (χ4n) is 3.54. The van der Waals surface area contributed by atoms with E-state index in [1.165, 1.54) is 18.3 Å². The zero-order valence-electron chi connectivity index (χ0n) is 15.1. The van der Waals surface area contributed by atoms with Crippen LogP contribution in [0, 0.1) is 0 Å². The molecule has 1 unspecified atom stereocenters. The predicted octanol–water partition coefficient (Wildman–Crippen LogP) is 3.79. The van der Waals surface area contributed by atoms with E-state index in [2.05, 4.69) is 30.3 Å². The van der Waals surface area contributed by atoms with E-state index < -0.39 is 24.2 Å². The van der Waals surface area contributed by atoms with Crippen molar-refractivity contribution in [1.82, 2.24) is 24.9 Å². The first-order valence-corrected chi connectivity index (χ1v) is 8.97. The number of carbonyl (C=O) groups excluding carboxylic acids is 1. The normalized spacial score (nSPS) is 18.9. The van der Waals surface area contributed by atoms with Gasteiger partial charge in [-0.05, 0) is 35.4 Å². The third-order valence-corrected chi connectivity index (χ3v) is 5.28. The minimum absolute atomic E-state index is 0.00199. The number of hydrogen-bond acceptors (Lipinski definition) is 6. The number of amides is 2. The van der Waals surface area contributed by atoms with Gasteiger partial charge in [0, 0.05) is 18.3 Å². The number of fused-ring (bicyclic) bond motifs is 4. The second-order valence-electron chi connectivity index (χ2n) is 7.04. The van der Waals surface area contributed by atoms with Crippen LogP contribution in [-0.2, 0) is 5.41 Å². The largest absolute Gasteiger partial charge is 0.401 e. The number of benzene rings is 1. The maximum Gasteiger partial charge on any atom is 0.401 e. The number of urea groups is 1. The van der Waals surface area contributed by atoms with Crippen molar-refractivity contribution < 1.29 is 22.6 Å². The van der Waals surface area contributed by atoms with Crippen molar-refractivity contribution in [3.63, 3.8) is 0 Å². The average Bonchev–Trinajstić information content (AvgIpc) is 3.35. The molecule has 0 fully saturated rings. The summed E-state index contributed by atoms with van der Waals surface area (Å²) >= 11 is 5.87. The number of nitrogens with one attached hydrogen (secondary N) is 1. The highest BCUT2D eigenvalue weighted by atomic mass is 35.5. The first kappa shape index (κ1) is 18.6. The summed E-state index contributed by atoms with van der Waals surface area (Å²) in [4.78, 5) is 18.0. The highest BCUT2D eigenvalue weighted by Crippen LogP contribution is 2.50. The molecule has 1 aliphatic rings. The summed E-state index contributed by atoms with van der Waals surface area (Å²) in [6.45, 7) is 0.366. The van der Waals surface area contributed by atoms with Crippen molar-refractivity contribution in [2.45, 2.75) is 18.5 Å². The fourth-order valence-corrected chi connectivity index (χ4v) is 3.72. The summed E-state index contributed by atoms with van der Waals surface area (Å²) in [5.41, 5.74) is -1.25. The molecule has 0 saturated carbocycles. The van der Waals surface area contributed by atoms with Crippen molar-refractivity contribution in [3.8, 4) is 0 Å². The van der Waals surface area contributed by atoms with Gasteiger partial charge in [-0.2, -0.15) is 18.3 Å². The van der Waals surface area contributed by atoms with Gasteiger partial charge in [-0.25, -0.2) is 18.9 Å². The maximum atomic E-state index is 14.1. The zero-order chi connectivity index (χ0) is 21.3. The summed E-state index contributed by atoms with van der Waals surface area (Å²) in [7, 11) is 0. The van der Waals surface area contributed by atoms with Gasteiger partial charge in [0.2, 0.25) is 0 Å². The third kappa shape index (κ3) is 2.60. The van der Waals surface area contributed by atoms with Crippen molar-refractivity contribution >= 4 is 45.7 Å². The smallest absolute Gasteiger partial charge is 0.307 e. The number of anilines is 2. The Kier molecular flexibility index (Phi) is 3.75. The number of carbonyl (C=O) groups is 1. The molecule has 0 aliphatic carbocycles. The summed E-state index contributed by atoms with van der Waals surface area (Å²) in [5, 5.41) is 13.8. The predicted molar refractivity (Wildman–Crippen MR) is 99.6 cm³/mol. The topological polar surface area (TPSA) is 101 Å². The van der Waals surface area contributed by atoms with Gasteiger partial charge in [0.25, 0.3) is 0 Å². The van der Waals surface area contributed by atoms with E-state index in [1.54, 1.807) is 12.1 Å². The summed E-state index contributed by atoms with van der Waals surface area (Å²) in [6, 6.07) is 5.19. The van der Waals surface area contributed by atoms with Gasteiger partial charge < -0.3 is 5.32 Å². The Balaban J connectivity index is 1.58. The van der Waals surface area contributed by atoms with Crippen molar-refractivity contribution in [3.05, 3.63) is 41.3 Å². The van der Waals surface area contributed by atoms with Crippen LogP contribution in [0.25, 0.3) is 16.7 Å². The Labute approximate surface area is 170 Å². The molecule has 3 aromatic heterocycles. The first-order valence-electron chi connectivity index (χ1n) is 8.60. The van der Waals surface area contributed by atoms with Crippen LogP contribution >= 0.6 is 11.6 Å². The fraction of sp³-hybridized carbons (Fsp3) is 0.235. The van der Waals surface area contributed by atoms with Crippen LogP contribution < -0.4 is 10.2 Å². The van der Waals surface area contributed by atoms with E-state index >= 15 is 0 Å². The third-order valence-electron chi connectivity index (χ3n) is 5.10. The Morgan fingerprint density at radius 3 is 2.80 bits per heavy atom. The molecule has 1 atom stereocenters. The summed E-state index contributed by atoms with van der Waals surface area (Å²) < 4.78 is 47.9. The second-order valence-corrected chi connectivity index (χ2v) is 7.43. The molecular formula is C17H11ClF3N7O2. The van der Waals surface area contributed by atoms with Crippen molar-refractivity contribution in [2.75, 3.05) is 16.8 Å². The first-order chi connectivity index (χ1) is 14.2. The van der Waals surface area contributed by atoms with E-state index in [4.69, 9.17) is 11.6 Å². The lowest BCUT2D eigenvalue weighted by atomic mass is 9.88. The van der Waals surface area contributed by atoms with Crippen LogP contribution in [0.5, 0.6) is 0 Å². The maximum absolute atomic E-state index is 14.1. The Hall–Kier alpha value is -3.41. The van der Waals surface area contributed by atoms with E-state index in [9.17, 15) is 18.0 Å². The second kappa shape index (κ2) is 6.05. The molecule has 4 aromatic rings. The molecule has 0 saturated heterocycles. The molecule has 0 bridgehead atoms. The van der Waals surface area contributed by atoms with Crippen molar-refractivity contribution in [2.24, 2.45) is 0 Å². The molecule has 30 heavy (non-hydrogen) atoms. The molecule has 1 aliphatic heterocycles. The van der Waals surface area contributed by atoms with Crippen LogP contribution in [0.4, 0.5) is 29.3 Å². The van der Waals surface area contributed by atoms with Gasteiger partial charge in [0.1, 0.15) is 16.4 Å². The van der Waals surface area contributed by atoms with Gasteiger partial charge in [-0.1, -0.05) is 11.6 Å². The summed E-state index contributed by atoms with van der Waals surface area (Å²) in [6.07, 6.45) is -3.45. The summed E-state index contributed by atoms with van der Waals surface area (Å²) in [5.74, 6) is 0. The standard InChI is InChI=1S/C17H11ClF3N7O2/c1-16(17(19,20)21)7-27(11-6-22-13-5-12(18)24-28(13)14(11)16)15(29)23-8-2-3-9-10(4-8)26-30-25-9/h2-6H,7H2,1H3,(H,23,29). The quantitative estimate of drug-likeness (QED) is 0.486. The van der Waals surface area contributed by atoms with E-state index in [-0.39, 0.29) is 22.2 Å². The van der Waals surface area contributed by atoms with Crippen LogP contribution in [-0.4, -0.2) is 43.7 Å². The molecule has 154 valence electrons. The van der Waals surface area contributed by atoms with Gasteiger partial charge in [-0.3, -0.25) is 4.90 Å². The van der Waals surface area contributed by atoms with E-state index in [0.717, 1.165) is 16.3 Å². The average molecular weight is 438 g/mol. The highest BCUT2D eigenvalue weighted by Gasteiger charge is 2.60. The molecule has 9 nitrogen and oxygen atoms in total. The molecule has 1 aromatic carbocycles. The van der Waals surface area contributed by atoms with Gasteiger partial charge in [-0.15, -0.1) is 0 Å². The van der Waals surface area contributed by atoms with E-state index in [1.807, 2.05) is 0 Å². The molecule has 0 radical (unpaired) electrons. The molecule has 0 spiro atoms. The molecule has 4 heterocycles. The van der Waals surface area contributed by atoms with E-state index in [0.29, 0.717) is 16.7 Å². The van der Waals surface area contributed by atoms with Gasteiger partial charge >= 0.3 is 12.2 Å². The number of hydrogen-bond donors (Lipinski definition) is 1. The van der Waals surface area contributed by atoms with Crippen molar-refractivity contribution in [1.29, 1.82) is 0 Å².